The largest absolute Gasteiger partial charge is 0.493 e. The standard InChI is InChI=1S/C11H13N5OS/c12-9-14-10(13)16-11(15-9)18-7-6-17-8-4-2-1-3-5-8/h1-5H,6-7H2,(H4,12,13,14,15,16). The molecule has 0 aliphatic carbocycles. The number of rotatable bonds is 5. The van der Waals surface area contributed by atoms with Crippen LogP contribution < -0.4 is 16.2 Å². The molecule has 18 heavy (non-hydrogen) atoms. The first-order chi connectivity index (χ1) is 8.74. The van der Waals surface area contributed by atoms with Crippen LogP contribution in [-0.4, -0.2) is 27.3 Å². The molecule has 7 heteroatoms. The van der Waals surface area contributed by atoms with Crippen LogP contribution in [0.15, 0.2) is 35.5 Å². The Bertz CT molecular complexity index is 488. The summed E-state index contributed by atoms with van der Waals surface area (Å²) in [5.41, 5.74) is 10.9. The second kappa shape index (κ2) is 6.06. The SMILES string of the molecule is Nc1nc(N)nc(SCCOc2ccccc2)n1. The summed E-state index contributed by atoms with van der Waals surface area (Å²) in [5.74, 6) is 1.81. The molecular weight excluding hydrogens is 250 g/mol. The van der Waals surface area contributed by atoms with Gasteiger partial charge in [0.25, 0.3) is 0 Å². The van der Waals surface area contributed by atoms with Gasteiger partial charge in [0.05, 0.1) is 6.61 Å². The highest BCUT2D eigenvalue weighted by molar-refractivity contribution is 7.99. The van der Waals surface area contributed by atoms with E-state index in [4.69, 9.17) is 16.2 Å². The highest BCUT2D eigenvalue weighted by Crippen LogP contribution is 2.15. The van der Waals surface area contributed by atoms with Gasteiger partial charge < -0.3 is 16.2 Å². The fourth-order valence-electron chi connectivity index (χ4n) is 1.26. The fraction of sp³-hybridized carbons (Fsp3) is 0.182. The van der Waals surface area contributed by atoms with Gasteiger partial charge in [0.2, 0.25) is 11.9 Å². The molecule has 1 aromatic heterocycles. The number of thioether (sulfide) groups is 1. The van der Waals surface area contributed by atoms with E-state index in [-0.39, 0.29) is 11.9 Å². The zero-order valence-electron chi connectivity index (χ0n) is 9.61. The summed E-state index contributed by atoms with van der Waals surface area (Å²) in [4.78, 5) is 11.6. The third kappa shape index (κ3) is 3.77. The number of para-hydroxylation sites is 1. The normalized spacial score (nSPS) is 10.2. The van der Waals surface area contributed by atoms with Gasteiger partial charge in [-0.05, 0) is 12.1 Å². The van der Waals surface area contributed by atoms with Crippen LogP contribution in [0.5, 0.6) is 5.75 Å². The highest BCUT2D eigenvalue weighted by Gasteiger charge is 2.02. The molecule has 0 radical (unpaired) electrons. The minimum absolute atomic E-state index is 0.133. The van der Waals surface area contributed by atoms with E-state index in [1.165, 1.54) is 11.8 Å². The highest BCUT2D eigenvalue weighted by atomic mass is 32.2. The number of anilines is 2. The summed E-state index contributed by atoms with van der Waals surface area (Å²) in [5, 5.41) is 0.511. The molecule has 0 amide bonds. The third-order valence-electron chi connectivity index (χ3n) is 1.98. The molecule has 0 unspecified atom stereocenters. The van der Waals surface area contributed by atoms with Gasteiger partial charge in [-0.1, -0.05) is 30.0 Å². The van der Waals surface area contributed by atoms with Crippen molar-refractivity contribution in [2.45, 2.75) is 5.16 Å². The molecular formula is C11H13N5OS. The number of nitrogens with two attached hydrogens (primary N) is 2. The Labute approximate surface area is 109 Å². The number of ether oxygens (including phenoxy) is 1. The molecule has 2 aromatic rings. The second-order valence-corrected chi connectivity index (χ2v) is 4.41. The molecule has 0 spiro atoms. The van der Waals surface area contributed by atoms with Gasteiger partial charge >= 0.3 is 0 Å². The van der Waals surface area contributed by atoms with Crippen molar-refractivity contribution in [1.82, 2.24) is 15.0 Å². The minimum Gasteiger partial charge on any atom is -0.493 e. The molecule has 1 heterocycles. The Balaban J connectivity index is 1.78. The number of hydrogen-bond donors (Lipinski definition) is 2. The minimum atomic E-state index is 0.133. The van der Waals surface area contributed by atoms with Crippen LogP contribution in [-0.2, 0) is 0 Å². The smallest absolute Gasteiger partial charge is 0.225 e. The van der Waals surface area contributed by atoms with E-state index in [9.17, 15) is 0 Å². The molecule has 2 rings (SSSR count). The maximum Gasteiger partial charge on any atom is 0.225 e. The molecule has 0 saturated heterocycles. The van der Waals surface area contributed by atoms with Crippen molar-refractivity contribution in [3.63, 3.8) is 0 Å². The van der Waals surface area contributed by atoms with Crippen LogP contribution in [0, 0.1) is 0 Å². The molecule has 6 nitrogen and oxygen atoms in total. The molecule has 0 fully saturated rings. The summed E-state index contributed by atoms with van der Waals surface area (Å²) in [7, 11) is 0. The molecule has 94 valence electrons. The summed E-state index contributed by atoms with van der Waals surface area (Å²) in [6.45, 7) is 0.556. The molecule has 0 saturated carbocycles. The van der Waals surface area contributed by atoms with Crippen molar-refractivity contribution >= 4 is 23.7 Å². The van der Waals surface area contributed by atoms with Crippen LogP contribution in [0.4, 0.5) is 11.9 Å². The van der Waals surface area contributed by atoms with E-state index in [0.29, 0.717) is 17.5 Å². The molecule has 4 N–H and O–H groups in total. The Morgan fingerprint density at radius 1 is 1.00 bits per heavy atom. The first-order valence-corrected chi connectivity index (χ1v) is 6.30. The Kier molecular flexibility index (Phi) is 4.19. The van der Waals surface area contributed by atoms with Crippen LogP contribution >= 0.6 is 11.8 Å². The fourth-order valence-corrected chi connectivity index (χ4v) is 1.93. The number of nitrogens with zero attached hydrogens (tertiary/aromatic N) is 3. The van der Waals surface area contributed by atoms with Crippen LogP contribution in [0.2, 0.25) is 0 Å². The number of benzene rings is 1. The predicted molar refractivity (Wildman–Crippen MR) is 71.3 cm³/mol. The van der Waals surface area contributed by atoms with Crippen molar-refractivity contribution in [2.75, 3.05) is 23.8 Å². The third-order valence-corrected chi connectivity index (χ3v) is 2.79. The van der Waals surface area contributed by atoms with Crippen LogP contribution in [0.1, 0.15) is 0 Å². The van der Waals surface area contributed by atoms with E-state index in [0.717, 1.165) is 5.75 Å². The van der Waals surface area contributed by atoms with Crippen molar-refractivity contribution in [1.29, 1.82) is 0 Å². The van der Waals surface area contributed by atoms with Gasteiger partial charge in [-0.3, -0.25) is 0 Å². The summed E-state index contributed by atoms with van der Waals surface area (Å²) in [6.07, 6.45) is 0. The lowest BCUT2D eigenvalue weighted by Gasteiger charge is -2.05. The second-order valence-electron chi connectivity index (χ2n) is 3.34. The summed E-state index contributed by atoms with van der Waals surface area (Å²) in [6, 6.07) is 9.61. The molecule has 0 aliphatic heterocycles. The van der Waals surface area contributed by atoms with Crippen molar-refractivity contribution in [3.8, 4) is 5.75 Å². The number of hydrogen-bond acceptors (Lipinski definition) is 7. The van der Waals surface area contributed by atoms with Gasteiger partial charge in [-0.15, -0.1) is 0 Å². The zero-order valence-corrected chi connectivity index (χ0v) is 10.4. The first kappa shape index (κ1) is 12.4. The van der Waals surface area contributed by atoms with Gasteiger partial charge in [0, 0.05) is 5.75 Å². The van der Waals surface area contributed by atoms with Crippen molar-refractivity contribution in [2.24, 2.45) is 0 Å². The maximum atomic E-state index is 5.53. The molecule has 0 aliphatic rings. The molecule has 0 atom stereocenters. The van der Waals surface area contributed by atoms with Crippen LogP contribution in [0.25, 0.3) is 0 Å². The number of nitrogen functional groups attached to an aromatic ring is 2. The summed E-state index contributed by atoms with van der Waals surface area (Å²) >= 11 is 1.42. The van der Waals surface area contributed by atoms with E-state index in [1.54, 1.807) is 0 Å². The average molecular weight is 263 g/mol. The van der Waals surface area contributed by atoms with E-state index in [1.807, 2.05) is 30.3 Å². The van der Waals surface area contributed by atoms with E-state index < -0.39 is 0 Å². The first-order valence-electron chi connectivity index (χ1n) is 5.32. The topological polar surface area (TPSA) is 99.9 Å². The lowest BCUT2D eigenvalue weighted by molar-refractivity contribution is 0.344. The molecule has 1 aromatic carbocycles. The van der Waals surface area contributed by atoms with Gasteiger partial charge in [0.15, 0.2) is 5.16 Å². The Hall–Kier alpha value is -2.02. The van der Waals surface area contributed by atoms with Gasteiger partial charge in [0.1, 0.15) is 5.75 Å². The predicted octanol–water partition coefficient (Wildman–Crippen LogP) is 1.21. The van der Waals surface area contributed by atoms with E-state index in [2.05, 4.69) is 15.0 Å². The monoisotopic (exact) mass is 263 g/mol. The van der Waals surface area contributed by atoms with Crippen molar-refractivity contribution < 1.29 is 4.74 Å². The van der Waals surface area contributed by atoms with E-state index >= 15 is 0 Å². The van der Waals surface area contributed by atoms with Gasteiger partial charge in [-0.25, -0.2) is 0 Å². The van der Waals surface area contributed by atoms with Crippen LogP contribution in [0.3, 0.4) is 0 Å². The lowest BCUT2D eigenvalue weighted by Crippen LogP contribution is -2.05. The summed E-state index contributed by atoms with van der Waals surface area (Å²) < 4.78 is 5.53. The van der Waals surface area contributed by atoms with Gasteiger partial charge in [-0.2, -0.15) is 15.0 Å². The lowest BCUT2D eigenvalue weighted by atomic mass is 10.3. The Morgan fingerprint density at radius 2 is 1.67 bits per heavy atom. The zero-order chi connectivity index (χ0) is 12.8. The van der Waals surface area contributed by atoms with Crippen molar-refractivity contribution in [3.05, 3.63) is 30.3 Å². The average Bonchev–Trinajstić information content (AvgIpc) is 2.35. The quantitative estimate of drug-likeness (QED) is 0.617. The maximum absolute atomic E-state index is 5.53. The number of aromatic nitrogens is 3. The Morgan fingerprint density at radius 3 is 2.33 bits per heavy atom. The molecule has 0 bridgehead atoms.